The molecule has 2 amide bonds. The second kappa shape index (κ2) is 7.36. The smallest absolute Gasteiger partial charge is 0.313 e. The average molecular weight is 303 g/mol. The second-order valence-electron chi connectivity index (χ2n) is 4.13. The lowest BCUT2D eigenvalue weighted by Crippen LogP contribution is -2.37. The van der Waals surface area contributed by atoms with Crippen LogP contribution in [0.2, 0.25) is 10.0 Å². The Morgan fingerprint density at radius 3 is 2.37 bits per heavy atom. The molecule has 1 N–H and O–H groups in total. The van der Waals surface area contributed by atoms with Crippen molar-refractivity contribution in [1.82, 2.24) is 4.90 Å². The minimum Gasteiger partial charge on any atom is -0.338 e. The Morgan fingerprint density at radius 2 is 1.84 bits per heavy atom. The van der Waals surface area contributed by atoms with Crippen molar-refractivity contribution in [2.24, 2.45) is 0 Å². The maximum atomic E-state index is 11.8. The topological polar surface area (TPSA) is 49.4 Å². The summed E-state index contributed by atoms with van der Waals surface area (Å²) in [6, 6.07) is 4.85. The quantitative estimate of drug-likeness (QED) is 0.868. The van der Waals surface area contributed by atoms with Gasteiger partial charge in [-0.2, -0.15) is 0 Å². The highest BCUT2D eigenvalue weighted by molar-refractivity contribution is 6.44. The van der Waals surface area contributed by atoms with Crippen LogP contribution in [0.3, 0.4) is 0 Å². The van der Waals surface area contributed by atoms with E-state index in [0.29, 0.717) is 16.6 Å². The van der Waals surface area contributed by atoms with Gasteiger partial charge in [0.1, 0.15) is 0 Å². The summed E-state index contributed by atoms with van der Waals surface area (Å²) in [7, 11) is 1.59. The van der Waals surface area contributed by atoms with Gasteiger partial charge in [-0.1, -0.05) is 42.6 Å². The van der Waals surface area contributed by atoms with Crippen LogP contribution in [-0.2, 0) is 9.59 Å². The lowest BCUT2D eigenvalue weighted by Gasteiger charge is -2.16. The molecule has 0 spiro atoms. The largest absolute Gasteiger partial charge is 0.338 e. The van der Waals surface area contributed by atoms with Crippen LogP contribution in [0.25, 0.3) is 0 Å². The van der Waals surface area contributed by atoms with Gasteiger partial charge in [0, 0.05) is 13.6 Å². The van der Waals surface area contributed by atoms with Gasteiger partial charge in [0.2, 0.25) is 0 Å². The molecular weight excluding hydrogens is 287 g/mol. The second-order valence-corrected chi connectivity index (χ2v) is 4.95. The third kappa shape index (κ3) is 4.40. The molecule has 0 aliphatic heterocycles. The summed E-state index contributed by atoms with van der Waals surface area (Å²) in [6.45, 7) is 2.56. The number of para-hydroxylation sites is 1. The fourth-order valence-electron chi connectivity index (χ4n) is 1.45. The number of anilines is 1. The third-order valence-corrected chi connectivity index (χ3v) is 3.22. The molecule has 0 radical (unpaired) electrons. The summed E-state index contributed by atoms with van der Waals surface area (Å²) in [5, 5.41) is 3.03. The van der Waals surface area contributed by atoms with E-state index in [9.17, 15) is 9.59 Å². The van der Waals surface area contributed by atoms with Gasteiger partial charge in [-0.3, -0.25) is 9.59 Å². The summed E-state index contributed by atoms with van der Waals surface area (Å²) in [6.07, 6.45) is 1.80. The standard InChI is InChI=1S/C13H16Cl2N2O2/c1-3-4-8-17(2)13(19)12(18)16-11-9(14)6-5-7-10(11)15/h5-7H,3-4,8H2,1-2H3,(H,16,18). The van der Waals surface area contributed by atoms with Gasteiger partial charge in [0.25, 0.3) is 0 Å². The summed E-state index contributed by atoms with van der Waals surface area (Å²) < 4.78 is 0. The van der Waals surface area contributed by atoms with Crippen LogP contribution < -0.4 is 5.32 Å². The average Bonchev–Trinajstić information content (AvgIpc) is 2.39. The number of unbranched alkanes of at least 4 members (excludes halogenated alkanes) is 1. The first-order chi connectivity index (χ1) is 8.97. The van der Waals surface area contributed by atoms with Gasteiger partial charge >= 0.3 is 11.8 Å². The van der Waals surface area contributed by atoms with Crippen molar-refractivity contribution in [3.8, 4) is 0 Å². The number of nitrogens with zero attached hydrogens (tertiary/aromatic N) is 1. The van der Waals surface area contributed by atoms with Crippen LogP contribution in [0, 0.1) is 0 Å². The molecule has 19 heavy (non-hydrogen) atoms. The van der Waals surface area contributed by atoms with Crippen LogP contribution in [-0.4, -0.2) is 30.3 Å². The predicted octanol–water partition coefficient (Wildman–Crippen LogP) is 3.19. The molecule has 0 aliphatic carbocycles. The number of benzene rings is 1. The van der Waals surface area contributed by atoms with Crippen molar-refractivity contribution in [1.29, 1.82) is 0 Å². The van der Waals surface area contributed by atoms with E-state index in [1.165, 1.54) is 4.90 Å². The predicted molar refractivity (Wildman–Crippen MR) is 77.6 cm³/mol. The Morgan fingerprint density at radius 1 is 1.26 bits per heavy atom. The van der Waals surface area contributed by atoms with Gasteiger partial charge in [0.15, 0.2) is 0 Å². The lowest BCUT2D eigenvalue weighted by atomic mass is 10.3. The number of likely N-dealkylation sites (N-methyl/N-ethyl adjacent to an activating group) is 1. The molecule has 0 fully saturated rings. The first-order valence-electron chi connectivity index (χ1n) is 5.97. The molecule has 0 aliphatic rings. The fraction of sp³-hybridized carbons (Fsp3) is 0.385. The highest BCUT2D eigenvalue weighted by atomic mass is 35.5. The number of halogens is 2. The highest BCUT2D eigenvalue weighted by Crippen LogP contribution is 2.29. The Balaban J connectivity index is 2.72. The monoisotopic (exact) mass is 302 g/mol. The van der Waals surface area contributed by atoms with Gasteiger partial charge in [0.05, 0.1) is 15.7 Å². The molecule has 104 valence electrons. The zero-order valence-corrected chi connectivity index (χ0v) is 12.4. The molecule has 6 heteroatoms. The summed E-state index contributed by atoms with van der Waals surface area (Å²) in [4.78, 5) is 25.0. The van der Waals surface area contributed by atoms with Crippen molar-refractivity contribution in [3.05, 3.63) is 28.2 Å². The van der Waals surface area contributed by atoms with Crippen molar-refractivity contribution < 1.29 is 9.59 Å². The van der Waals surface area contributed by atoms with Crippen LogP contribution in [0.1, 0.15) is 19.8 Å². The van der Waals surface area contributed by atoms with E-state index in [1.807, 2.05) is 6.92 Å². The number of hydrogen-bond acceptors (Lipinski definition) is 2. The van der Waals surface area contributed by atoms with E-state index in [4.69, 9.17) is 23.2 Å². The molecule has 0 heterocycles. The molecule has 0 unspecified atom stereocenters. The minimum absolute atomic E-state index is 0.257. The summed E-state index contributed by atoms with van der Waals surface area (Å²) in [5.41, 5.74) is 0.257. The van der Waals surface area contributed by atoms with Crippen molar-refractivity contribution in [2.45, 2.75) is 19.8 Å². The maximum absolute atomic E-state index is 11.8. The SMILES string of the molecule is CCCCN(C)C(=O)C(=O)Nc1c(Cl)cccc1Cl. The highest BCUT2D eigenvalue weighted by Gasteiger charge is 2.20. The van der Waals surface area contributed by atoms with E-state index in [1.54, 1.807) is 25.2 Å². The Hall–Kier alpha value is -1.26. The molecular formula is C13H16Cl2N2O2. The van der Waals surface area contributed by atoms with Crippen molar-refractivity contribution in [2.75, 3.05) is 18.9 Å². The molecule has 1 aromatic rings. The van der Waals surface area contributed by atoms with Gasteiger partial charge in [-0.25, -0.2) is 0 Å². The van der Waals surface area contributed by atoms with Crippen molar-refractivity contribution in [3.63, 3.8) is 0 Å². The molecule has 0 saturated carbocycles. The zero-order valence-electron chi connectivity index (χ0n) is 10.9. The minimum atomic E-state index is -0.742. The number of hydrogen-bond donors (Lipinski definition) is 1. The summed E-state index contributed by atoms with van der Waals surface area (Å²) in [5.74, 6) is -1.35. The van der Waals surface area contributed by atoms with E-state index < -0.39 is 11.8 Å². The van der Waals surface area contributed by atoms with Gasteiger partial charge in [-0.15, -0.1) is 0 Å². The Labute approximate surface area is 122 Å². The Kier molecular flexibility index (Phi) is 6.12. The molecule has 1 rings (SSSR count). The van der Waals surface area contributed by atoms with Gasteiger partial charge < -0.3 is 10.2 Å². The van der Waals surface area contributed by atoms with Crippen LogP contribution >= 0.6 is 23.2 Å². The molecule has 0 saturated heterocycles. The van der Waals surface area contributed by atoms with E-state index >= 15 is 0 Å². The zero-order chi connectivity index (χ0) is 14.4. The number of rotatable bonds is 4. The number of amides is 2. The van der Waals surface area contributed by atoms with Crippen LogP contribution in [0.4, 0.5) is 5.69 Å². The molecule has 0 atom stereocenters. The van der Waals surface area contributed by atoms with Crippen molar-refractivity contribution >= 4 is 40.7 Å². The van der Waals surface area contributed by atoms with Crippen LogP contribution in [0.5, 0.6) is 0 Å². The number of carbonyl (C=O) groups is 2. The maximum Gasteiger partial charge on any atom is 0.313 e. The number of carbonyl (C=O) groups excluding carboxylic acids is 2. The molecule has 0 bridgehead atoms. The fourth-order valence-corrected chi connectivity index (χ4v) is 1.95. The first-order valence-corrected chi connectivity index (χ1v) is 6.73. The van der Waals surface area contributed by atoms with E-state index in [-0.39, 0.29) is 5.69 Å². The first kappa shape index (κ1) is 15.8. The molecule has 0 aromatic heterocycles. The van der Waals surface area contributed by atoms with Gasteiger partial charge in [-0.05, 0) is 18.6 Å². The summed E-state index contributed by atoms with van der Waals surface area (Å²) >= 11 is 11.8. The normalized spacial score (nSPS) is 10.1. The number of nitrogens with one attached hydrogen (secondary N) is 1. The Bertz CT molecular complexity index is 457. The molecule has 4 nitrogen and oxygen atoms in total. The lowest BCUT2D eigenvalue weighted by molar-refractivity contribution is -0.142. The van der Waals surface area contributed by atoms with Crippen LogP contribution in [0.15, 0.2) is 18.2 Å². The molecule has 1 aromatic carbocycles. The van der Waals surface area contributed by atoms with E-state index in [0.717, 1.165) is 12.8 Å². The van der Waals surface area contributed by atoms with E-state index in [2.05, 4.69) is 5.32 Å². The third-order valence-electron chi connectivity index (χ3n) is 2.59.